The number of anilines is 1. The van der Waals surface area contributed by atoms with Crippen molar-refractivity contribution in [3.05, 3.63) is 108 Å². The van der Waals surface area contributed by atoms with Gasteiger partial charge in [0.25, 0.3) is 5.91 Å². The van der Waals surface area contributed by atoms with Crippen LogP contribution in [-0.2, 0) is 0 Å². The third kappa shape index (κ3) is 4.24. The van der Waals surface area contributed by atoms with Gasteiger partial charge in [0.1, 0.15) is 5.69 Å². The molecule has 0 unspecified atom stereocenters. The lowest BCUT2D eigenvalue weighted by Gasteiger charge is -2.08. The lowest BCUT2D eigenvalue weighted by Crippen LogP contribution is -2.11. The first-order valence-electron chi connectivity index (χ1n) is 12.2. The molecule has 0 aliphatic carbocycles. The van der Waals surface area contributed by atoms with Crippen LogP contribution in [0.2, 0.25) is 0 Å². The number of hydrogen-bond donors (Lipinski definition) is 3. The van der Waals surface area contributed by atoms with Gasteiger partial charge >= 0.3 is 0 Å². The average Bonchev–Trinajstić information content (AvgIpc) is 3.71. The van der Waals surface area contributed by atoms with E-state index >= 15 is 0 Å². The molecule has 2 aromatic carbocycles. The van der Waals surface area contributed by atoms with Crippen LogP contribution in [0.1, 0.15) is 10.4 Å². The van der Waals surface area contributed by atoms with Gasteiger partial charge in [0.05, 0.1) is 34.8 Å². The topological polar surface area (TPSA) is 99.3 Å². The molecule has 0 aliphatic heterocycles. The van der Waals surface area contributed by atoms with Crippen molar-refractivity contribution in [1.82, 2.24) is 25.1 Å². The van der Waals surface area contributed by atoms with E-state index < -0.39 is 0 Å². The maximum Gasteiger partial charge on any atom is 0.255 e. The molecule has 1 amide bonds. The lowest BCUT2D eigenvalue weighted by molar-refractivity contribution is 0.102. The Labute approximate surface area is 225 Å². The van der Waals surface area contributed by atoms with E-state index in [1.165, 1.54) is 6.07 Å². The molecule has 39 heavy (non-hydrogen) atoms. The van der Waals surface area contributed by atoms with Gasteiger partial charge in [-0.05, 0) is 54.1 Å². The molecule has 0 atom stereocenters. The largest absolute Gasteiger partial charge is 0.352 e. The number of nitrogens with zero attached hydrogens (tertiary/aromatic N) is 3. The van der Waals surface area contributed by atoms with Gasteiger partial charge in [0.15, 0.2) is 5.13 Å². The number of fused-ring (bicyclic) bond motifs is 2. The van der Waals surface area contributed by atoms with Crippen LogP contribution in [0.5, 0.6) is 0 Å². The van der Waals surface area contributed by atoms with Crippen molar-refractivity contribution < 1.29 is 9.18 Å². The minimum atomic E-state index is -0.234. The molecule has 188 valence electrons. The van der Waals surface area contributed by atoms with Crippen LogP contribution in [0.4, 0.5) is 10.1 Å². The van der Waals surface area contributed by atoms with Gasteiger partial charge in [0, 0.05) is 44.7 Å². The number of pyridine rings is 2. The fourth-order valence-electron chi connectivity index (χ4n) is 4.69. The number of H-pyrrole nitrogens is 2. The second-order valence-electron chi connectivity index (χ2n) is 9.05. The molecule has 5 heterocycles. The van der Waals surface area contributed by atoms with Crippen LogP contribution in [0.25, 0.3) is 54.8 Å². The summed E-state index contributed by atoms with van der Waals surface area (Å²) in [5, 5.41) is 12.3. The Balaban J connectivity index is 1.25. The van der Waals surface area contributed by atoms with Crippen LogP contribution < -0.4 is 5.32 Å². The number of thiophene rings is 1. The second-order valence-corrected chi connectivity index (χ2v) is 10.1. The molecule has 0 bridgehead atoms. The van der Waals surface area contributed by atoms with E-state index in [1.54, 1.807) is 43.0 Å². The number of aromatic amines is 2. The Morgan fingerprint density at radius 3 is 2.54 bits per heavy atom. The maximum atomic E-state index is 13.7. The van der Waals surface area contributed by atoms with Crippen molar-refractivity contribution in [2.45, 2.75) is 0 Å². The Kier molecular flexibility index (Phi) is 5.49. The predicted octanol–water partition coefficient (Wildman–Crippen LogP) is 7.29. The van der Waals surface area contributed by atoms with E-state index in [-0.39, 0.29) is 11.0 Å². The number of hydrogen-bond acceptors (Lipinski definition) is 5. The molecule has 0 saturated heterocycles. The van der Waals surface area contributed by atoms with E-state index in [4.69, 9.17) is 0 Å². The molecule has 0 fully saturated rings. The summed E-state index contributed by atoms with van der Waals surface area (Å²) in [4.78, 5) is 25.5. The lowest BCUT2D eigenvalue weighted by atomic mass is 10.0. The van der Waals surface area contributed by atoms with Gasteiger partial charge < -0.3 is 10.3 Å². The molecule has 0 saturated carbocycles. The molecule has 0 radical (unpaired) electrons. The van der Waals surface area contributed by atoms with E-state index in [0.29, 0.717) is 11.3 Å². The van der Waals surface area contributed by atoms with E-state index in [0.717, 1.165) is 66.1 Å². The maximum absolute atomic E-state index is 13.7. The molecule has 9 heteroatoms. The smallest absolute Gasteiger partial charge is 0.255 e. The second kappa shape index (κ2) is 9.30. The summed E-state index contributed by atoms with van der Waals surface area (Å²) in [6.45, 7) is 0. The third-order valence-corrected chi connectivity index (χ3v) is 7.47. The Morgan fingerprint density at radius 2 is 1.69 bits per heavy atom. The normalized spacial score (nSPS) is 11.3. The zero-order valence-corrected chi connectivity index (χ0v) is 21.1. The zero-order chi connectivity index (χ0) is 26.3. The van der Waals surface area contributed by atoms with Gasteiger partial charge in [-0.15, -0.1) is 11.3 Å². The predicted molar refractivity (Wildman–Crippen MR) is 152 cm³/mol. The van der Waals surface area contributed by atoms with Gasteiger partial charge in [-0.3, -0.25) is 19.9 Å². The van der Waals surface area contributed by atoms with Crippen LogP contribution in [0.3, 0.4) is 0 Å². The van der Waals surface area contributed by atoms with Crippen LogP contribution in [-0.4, -0.2) is 31.1 Å². The third-order valence-electron chi connectivity index (χ3n) is 6.57. The monoisotopic (exact) mass is 530 g/mol. The van der Waals surface area contributed by atoms with Crippen molar-refractivity contribution in [3.63, 3.8) is 0 Å². The molecule has 0 spiro atoms. The number of carbonyl (C=O) groups excluding carboxylic acids is 1. The number of amides is 1. The summed E-state index contributed by atoms with van der Waals surface area (Å²) in [7, 11) is 0. The number of rotatable bonds is 5. The molecule has 0 aliphatic rings. The van der Waals surface area contributed by atoms with Crippen LogP contribution in [0.15, 0.2) is 97.6 Å². The highest BCUT2D eigenvalue weighted by molar-refractivity contribution is 7.14. The number of nitrogens with one attached hydrogen (secondary N) is 3. The van der Waals surface area contributed by atoms with Gasteiger partial charge in [-0.2, -0.15) is 9.49 Å². The molecule has 7 nitrogen and oxygen atoms in total. The van der Waals surface area contributed by atoms with Crippen LogP contribution in [0, 0.1) is 5.13 Å². The molecule has 7 rings (SSSR count). The van der Waals surface area contributed by atoms with E-state index in [2.05, 4.69) is 30.5 Å². The first-order chi connectivity index (χ1) is 19.1. The molecule has 3 N–H and O–H groups in total. The fraction of sp³-hybridized carbons (Fsp3) is 0. The Hall–Kier alpha value is -5.15. The standard InChI is InChI=1S/C30H19FN6OS/c31-28-9-8-27(39-28)23-15-33-16-26-21(23)12-25(35-26)29-22-11-18(6-7-24(22)36-37-29)19-10-20(14-32-13-19)34-30(38)17-4-2-1-3-5-17/h1-16,35H,(H,34,38)(H,36,37). The summed E-state index contributed by atoms with van der Waals surface area (Å²) < 4.78 is 13.7. The highest BCUT2D eigenvalue weighted by atomic mass is 32.1. The van der Waals surface area contributed by atoms with Gasteiger partial charge in [-0.25, -0.2) is 0 Å². The number of benzene rings is 2. The first kappa shape index (κ1) is 23.0. The van der Waals surface area contributed by atoms with Crippen LogP contribution >= 0.6 is 11.3 Å². The molecular formula is C30H19FN6OS. The van der Waals surface area contributed by atoms with Crippen molar-refractivity contribution in [1.29, 1.82) is 0 Å². The summed E-state index contributed by atoms with van der Waals surface area (Å²) in [5.41, 5.74) is 7.14. The Morgan fingerprint density at radius 1 is 0.821 bits per heavy atom. The van der Waals surface area contributed by atoms with Crippen molar-refractivity contribution in [2.75, 3.05) is 5.32 Å². The fourth-order valence-corrected chi connectivity index (χ4v) is 5.45. The number of halogens is 1. The SMILES string of the molecule is O=C(Nc1cncc(-c2ccc3[nH]nc(-c4cc5c(-c6ccc(F)s6)cncc5[nH]4)c3c2)c1)c1ccccc1. The Bertz CT molecular complexity index is 1990. The van der Waals surface area contributed by atoms with Crippen molar-refractivity contribution in [3.8, 4) is 33.0 Å². The summed E-state index contributed by atoms with van der Waals surface area (Å²) in [6.07, 6.45) is 6.90. The number of carbonyl (C=O) groups is 1. The minimum Gasteiger partial charge on any atom is -0.352 e. The number of aromatic nitrogens is 5. The summed E-state index contributed by atoms with van der Waals surface area (Å²) in [6, 6.07) is 22.2. The quantitative estimate of drug-likeness (QED) is 0.218. The first-order valence-corrected chi connectivity index (χ1v) is 13.0. The van der Waals surface area contributed by atoms with E-state index in [9.17, 15) is 9.18 Å². The van der Waals surface area contributed by atoms with Gasteiger partial charge in [0.2, 0.25) is 0 Å². The zero-order valence-electron chi connectivity index (χ0n) is 20.3. The molecule has 5 aromatic heterocycles. The summed E-state index contributed by atoms with van der Waals surface area (Å²) >= 11 is 1.09. The summed E-state index contributed by atoms with van der Waals surface area (Å²) in [5.74, 6) is -0.194. The molecule has 7 aromatic rings. The highest BCUT2D eigenvalue weighted by Gasteiger charge is 2.16. The average molecular weight is 531 g/mol. The van der Waals surface area contributed by atoms with Crippen molar-refractivity contribution in [2.24, 2.45) is 0 Å². The van der Waals surface area contributed by atoms with Crippen molar-refractivity contribution >= 4 is 44.7 Å². The van der Waals surface area contributed by atoms with E-state index in [1.807, 2.05) is 48.5 Å². The highest BCUT2D eigenvalue weighted by Crippen LogP contribution is 2.36. The minimum absolute atomic E-state index is 0.194. The van der Waals surface area contributed by atoms with Gasteiger partial charge in [-0.1, -0.05) is 24.3 Å². The molecular weight excluding hydrogens is 511 g/mol.